The number of nitrogens with one attached hydrogen (secondary N) is 1. The predicted molar refractivity (Wildman–Crippen MR) is 87.8 cm³/mol. The number of likely N-dealkylation sites (N-methyl/N-ethyl adjacent to an activating group) is 1. The first-order chi connectivity index (χ1) is 10.1. The first kappa shape index (κ1) is 14.9. The Bertz CT molecular complexity index is 614. The zero-order chi connectivity index (χ0) is 14.9. The van der Waals surface area contributed by atoms with E-state index in [1.165, 1.54) is 25.7 Å². The molecular formula is C17H23ClN2O. The van der Waals surface area contributed by atoms with Gasteiger partial charge in [0.1, 0.15) is 5.58 Å². The number of nitrogens with zero attached hydrogens (tertiary/aromatic N) is 1. The zero-order valence-electron chi connectivity index (χ0n) is 12.8. The maximum absolute atomic E-state index is 6.24. The van der Waals surface area contributed by atoms with Crippen molar-refractivity contribution < 1.29 is 4.42 Å². The van der Waals surface area contributed by atoms with E-state index in [0.717, 1.165) is 29.6 Å². The van der Waals surface area contributed by atoms with Gasteiger partial charge >= 0.3 is 0 Å². The van der Waals surface area contributed by atoms with Crippen molar-refractivity contribution in [2.45, 2.75) is 37.8 Å². The van der Waals surface area contributed by atoms with Crippen molar-refractivity contribution in [2.24, 2.45) is 0 Å². The molecular weight excluding hydrogens is 284 g/mol. The van der Waals surface area contributed by atoms with Gasteiger partial charge in [0.25, 0.3) is 0 Å². The molecule has 0 radical (unpaired) electrons. The van der Waals surface area contributed by atoms with Crippen molar-refractivity contribution in [3.05, 3.63) is 35.0 Å². The standard InChI is InChI=1S/C17H23ClN2O/c1-20(2)17(9-5-6-10-17)12-19-11-14-13-7-3-4-8-15(13)21-16(14)18/h3-4,7-8,19H,5-6,9-12H2,1-2H3. The molecule has 4 heteroatoms. The fraction of sp³-hybridized carbons (Fsp3) is 0.529. The highest BCUT2D eigenvalue weighted by molar-refractivity contribution is 6.30. The molecule has 21 heavy (non-hydrogen) atoms. The number of hydrogen-bond acceptors (Lipinski definition) is 3. The molecule has 114 valence electrons. The summed E-state index contributed by atoms with van der Waals surface area (Å²) in [6.45, 7) is 1.75. The normalized spacial score (nSPS) is 17.9. The summed E-state index contributed by atoms with van der Waals surface area (Å²) in [5.74, 6) is 0. The summed E-state index contributed by atoms with van der Waals surface area (Å²) in [5, 5.41) is 5.22. The first-order valence-electron chi connectivity index (χ1n) is 7.66. The van der Waals surface area contributed by atoms with Crippen LogP contribution in [0.4, 0.5) is 0 Å². The van der Waals surface area contributed by atoms with Crippen LogP contribution in [-0.2, 0) is 6.54 Å². The van der Waals surface area contributed by atoms with Crippen LogP contribution in [0.1, 0.15) is 31.2 Å². The predicted octanol–water partition coefficient (Wildman–Crippen LogP) is 4.05. The van der Waals surface area contributed by atoms with Crippen molar-refractivity contribution in [1.29, 1.82) is 0 Å². The van der Waals surface area contributed by atoms with Crippen molar-refractivity contribution in [1.82, 2.24) is 10.2 Å². The van der Waals surface area contributed by atoms with E-state index in [1.807, 2.05) is 18.2 Å². The lowest BCUT2D eigenvalue weighted by molar-refractivity contribution is 0.153. The maximum atomic E-state index is 6.24. The summed E-state index contributed by atoms with van der Waals surface area (Å²) in [6, 6.07) is 8.02. The van der Waals surface area contributed by atoms with E-state index in [0.29, 0.717) is 10.8 Å². The third-order valence-corrected chi connectivity index (χ3v) is 5.19. The SMILES string of the molecule is CN(C)C1(CNCc2c(Cl)oc3ccccc23)CCCC1. The van der Waals surface area contributed by atoms with E-state index >= 15 is 0 Å². The number of hydrogen-bond donors (Lipinski definition) is 1. The second-order valence-electron chi connectivity index (χ2n) is 6.28. The molecule has 3 nitrogen and oxygen atoms in total. The zero-order valence-corrected chi connectivity index (χ0v) is 13.5. The second kappa shape index (κ2) is 5.99. The highest BCUT2D eigenvalue weighted by atomic mass is 35.5. The molecule has 1 fully saturated rings. The smallest absolute Gasteiger partial charge is 0.199 e. The maximum Gasteiger partial charge on any atom is 0.199 e. The average Bonchev–Trinajstić information content (AvgIpc) is 3.05. The molecule has 1 aliphatic carbocycles. The summed E-state index contributed by atoms with van der Waals surface area (Å²) in [7, 11) is 4.38. The molecule has 1 aliphatic rings. The minimum atomic E-state index is 0.298. The van der Waals surface area contributed by atoms with Gasteiger partial charge in [-0.1, -0.05) is 31.0 Å². The molecule has 2 aromatic rings. The molecule has 0 spiro atoms. The molecule has 3 rings (SSSR count). The lowest BCUT2D eigenvalue weighted by Crippen LogP contribution is -2.49. The Hall–Kier alpha value is -1.03. The Balaban J connectivity index is 1.71. The van der Waals surface area contributed by atoms with Gasteiger partial charge in [0, 0.05) is 29.6 Å². The van der Waals surface area contributed by atoms with Gasteiger partial charge in [0.15, 0.2) is 5.22 Å². The van der Waals surface area contributed by atoms with Crippen LogP contribution in [-0.4, -0.2) is 31.1 Å². The Morgan fingerprint density at radius 2 is 1.95 bits per heavy atom. The van der Waals surface area contributed by atoms with Gasteiger partial charge in [-0.05, 0) is 44.6 Å². The van der Waals surface area contributed by atoms with E-state index in [-0.39, 0.29) is 0 Å². The fourth-order valence-electron chi connectivity index (χ4n) is 3.47. The van der Waals surface area contributed by atoms with Crippen LogP contribution < -0.4 is 5.32 Å². The highest BCUT2D eigenvalue weighted by Crippen LogP contribution is 2.34. The molecule has 1 N–H and O–H groups in total. The molecule has 1 saturated carbocycles. The monoisotopic (exact) mass is 306 g/mol. The van der Waals surface area contributed by atoms with Crippen LogP contribution in [0.5, 0.6) is 0 Å². The van der Waals surface area contributed by atoms with Gasteiger partial charge in [-0.25, -0.2) is 0 Å². The Morgan fingerprint density at radius 3 is 2.67 bits per heavy atom. The van der Waals surface area contributed by atoms with Crippen molar-refractivity contribution in [3.8, 4) is 0 Å². The molecule has 0 amide bonds. The van der Waals surface area contributed by atoms with Gasteiger partial charge in [-0.3, -0.25) is 0 Å². The number of benzene rings is 1. The lowest BCUT2D eigenvalue weighted by atomic mass is 9.96. The van der Waals surface area contributed by atoms with Crippen LogP contribution in [0.3, 0.4) is 0 Å². The van der Waals surface area contributed by atoms with Crippen molar-refractivity contribution in [3.63, 3.8) is 0 Å². The lowest BCUT2D eigenvalue weighted by Gasteiger charge is -2.36. The van der Waals surface area contributed by atoms with Crippen molar-refractivity contribution >= 4 is 22.6 Å². The van der Waals surface area contributed by atoms with E-state index in [1.54, 1.807) is 0 Å². The van der Waals surface area contributed by atoms with Crippen LogP contribution in [0.2, 0.25) is 5.22 Å². The van der Waals surface area contributed by atoms with Gasteiger partial charge in [-0.2, -0.15) is 0 Å². The van der Waals surface area contributed by atoms with Crippen LogP contribution in [0.25, 0.3) is 11.0 Å². The number of fused-ring (bicyclic) bond motifs is 1. The van der Waals surface area contributed by atoms with E-state index < -0.39 is 0 Å². The molecule has 0 atom stereocenters. The third-order valence-electron chi connectivity index (χ3n) is 4.89. The van der Waals surface area contributed by atoms with E-state index in [2.05, 4.69) is 30.4 Å². The third kappa shape index (κ3) is 2.83. The number of rotatable bonds is 5. The van der Waals surface area contributed by atoms with Crippen LogP contribution in [0.15, 0.2) is 28.7 Å². The van der Waals surface area contributed by atoms with Crippen molar-refractivity contribution in [2.75, 3.05) is 20.6 Å². The number of halogens is 1. The largest absolute Gasteiger partial charge is 0.444 e. The fourth-order valence-corrected chi connectivity index (χ4v) is 3.72. The Morgan fingerprint density at radius 1 is 1.24 bits per heavy atom. The highest BCUT2D eigenvalue weighted by Gasteiger charge is 2.35. The second-order valence-corrected chi connectivity index (χ2v) is 6.62. The molecule has 1 heterocycles. The summed E-state index contributed by atoms with van der Waals surface area (Å²) >= 11 is 6.24. The molecule has 0 aliphatic heterocycles. The van der Waals surface area contributed by atoms with Gasteiger partial charge in [0.05, 0.1) is 0 Å². The Labute approximate surface area is 131 Å². The minimum Gasteiger partial charge on any atom is -0.444 e. The first-order valence-corrected chi connectivity index (χ1v) is 8.04. The molecule has 0 unspecified atom stereocenters. The quantitative estimate of drug-likeness (QED) is 0.903. The van der Waals surface area contributed by atoms with E-state index in [4.69, 9.17) is 16.0 Å². The van der Waals surface area contributed by atoms with Gasteiger partial charge < -0.3 is 14.6 Å². The van der Waals surface area contributed by atoms with Gasteiger partial charge in [-0.15, -0.1) is 0 Å². The molecule has 1 aromatic carbocycles. The summed E-state index contributed by atoms with van der Waals surface area (Å²) in [6.07, 6.45) is 5.20. The topological polar surface area (TPSA) is 28.4 Å². The van der Waals surface area contributed by atoms with Crippen LogP contribution in [0, 0.1) is 0 Å². The van der Waals surface area contributed by atoms with E-state index in [9.17, 15) is 0 Å². The summed E-state index contributed by atoms with van der Waals surface area (Å²) in [5.41, 5.74) is 2.23. The number of para-hydroxylation sites is 1. The summed E-state index contributed by atoms with van der Waals surface area (Å²) < 4.78 is 5.61. The average molecular weight is 307 g/mol. The molecule has 1 aromatic heterocycles. The molecule has 0 bridgehead atoms. The van der Waals surface area contributed by atoms with Gasteiger partial charge in [0.2, 0.25) is 0 Å². The minimum absolute atomic E-state index is 0.298. The Kier molecular flexibility index (Phi) is 4.25. The summed E-state index contributed by atoms with van der Waals surface area (Å²) in [4.78, 5) is 2.38. The number of furan rings is 1. The van der Waals surface area contributed by atoms with Crippen LogP contribution >= 0.6 is 11.6 Å². The molecule has 0 saturated heterocycles.